The van der Waals surface area contributed by atoms with Crippen LogP contribution in [0.3, 0.4) is 0 Å². The van der Waals surface area contributed by atoms with Gasteiger partial charge in [-0.25, -0.2) is 4.98 Å². The van der Waals surface area contributed by atoms with Crippen molar-refractivity contribution in [1.29, 1.82) is 0 Å². The minimum Gasteiger partial charge on any atom is -0.495 e. The van der Waals surface area contributed by atoms with Gasteiger partial charge in [0.1, 0.15) is 17.3 Å². The summed E-state index contributed by atoms with van der Waals surface area (Å²) in [6, 6.07) is 5.93. The van der Waals surface area contributed by atoms with Gasteiger partial charge >= 0.3 is 0 Å². The van der Waals surface area contributed by atoms with E-state index in [1.54, 1.807) is 26.4 Å². The number of anilines is 3. The first kappa shape index (κ1) is 17.6. The number of hydrogen-bond acceptors (Lipinski definition) is 6. The van der Waals surface area contributed by atoms with E-state index < -0.39 is 0 Å². The molecule has 25 heavy (non-hydrogen) atoms. The number of halogens is 1. The molecule has 0 saturated heterocycles. The van der Waals surface area contributed by atoms with Crippen molar-refractivity contribution in [2.75, 3.05) is 24.9 Å². The zero-order valence-electron chi connectivity index (χ0n) is 14.7. The molecule has 0 spiro atoms. The predicted molar refractivity (Wildman–Crippen MR) is 100 cm³/mol. The molecule has 1 heterocycles. The monoisotopic (exact) mass is 362 g/mol. The van der Waals surface area contributed by atoms with Crippen molar-refractivity contribution in [1.82, 2.24) is 9.97 Å². The lowest BCUT2D eigenvalue weighted by molar-refractivity contribution is 0.405. The molecular formula is C18H23ClN4O2. The quantitative estimate of drug-likeness (QED) is 0.785. The number of nitrogens with zero attached hydrogens (tertiary/aromatic N) is 2. The highest BCUT2D eigenvalue weighted by atomic mass is 35.5. The number of benzene rings is 1. The summed E-state index contributed by atoms with van der Waals surface area (Å²) in [6.07, 6.45) is 4.92. The van der Waals surface area contributed by atoms with Crippen LogP contribution in [-0.4, -0.2) is 30.2 Å². The van der Waals surface area contributed by atoms with Crippen LogP contribution < -0.4 is 20.1 Å². The molecule has 2 aromatic rings. The highest BCUT2D eigenvalue weighted by Crippen LogP contribution is 2.37. The van der Waals surface area contributed by atoms with E-state index in [9.17, 15) is 0 Å². The number of aromatic nitrogens is 2. The lowest BCUT2D eigenvalue weighted by atomic mass is 10.2. The van der Waals surface area contributed by atoms with Gasteiger partial charge < -0.3 is 20.1 Å². The van der Waals surface area contributed by atoms with Gasteiger partial charge in [0, 0.05) is 29.9 Å². The van der Waals surface area contributed by atoms with E-state index in [0.717, 1.165) is 11.5 Å². The average Bonchev–Trinajstić information content (AvgIpc) is 3.08. The van der Waals surface area contributed by atoms with E-state index >= 15 is 0 Å². The van der Waals surface area contributed by atoms with Crippen LogP contribution in [-0.2, 0) is 0 Å². The average molecular weight is 363 g/mol. The molecule has 2 N–H and O–H groups in total. The first-order valence-corrected chi connectivity index (χ1v) is 8.77. The number of aryl methyl sites for hydroxylation is 1. The molecule has 0 unspecified atom stereocenters. The molecule has 3 rings (SSSR count). The van der Waals surface area contributed by atoms with Gasteiger partial charge in [-0.05, 0) is 19.8 Å². The number of nitrogens with one attached hydrogen (secondary N) is 2. The Kier molecular flexibility index (Phi) is 5.48. The molecule has 1 aromatic heterocycles. The fourth-order valence-electron chi connectivity index (χ4n) is 3.06. The summed E-state index contributed by atoms with van der Waals surface area (Å²) in [6.45, 7) is 1.95. The SMILES string of the molecule is COc1cc(Nc2nc(C)cc(NC3CCCC3)n2)c(OC)cc1Cl. The summed E-state index contributed by atoms with van der Waals surface area (Å²) in [5.41, 5.74) is 1.58. The lowest BCUT2D eigenvalue weighted by Gasteiger charge is -2.16. The molecule has 1 fully saturated rings. The smallest absolute Gasteiger partial charge is 0.229 e. The number of rotatable bonds is 6. The first-order chi connectivity index (χ1) is 12.1. The third-order valence-corrected chi connectivity index (χ3v) is 4.58. The highest BCUT2D eigenvalue weighted by Gasteiger charge is 2.16. The van der Waals surface area contributed by atoms with Crippen LogP contribution in [0.2, 0.25) is 5.02 Å². The molecule has 0 radical (unpaired) electrons. The largest absolute Gasteiger partial charge is 0.495 e. The van der Waals surface area contributed by atoms with Crippen LogP contribution in [0.4, 0.5) is 17.5 Å². The summed E-state index contributed by atoms with van der Waals surface area (Å²) in [4.78, 5) is 9.05. The molecule has 0 amide bonds. The lowest BCUT2D eigenvalue weighted by Crippen LogP contribution is -2.16. The van der Waals surface area contributed by atoms with Crippen LogP contribution in [0.25, 0.3) is 0 Å². The van der Waals surface area contributed by atoms with E-state index in [1.807, 2.05) is 13.0 Å². The van der Waals surface area contributed by atoms with Crippen molar-refractivity contribution in [2.45, 2.75) is 38.6 Å². The van der Waals surface area contributed by atoms with Crippen LogP contribution in [0.1, 0.15) is 31.4 Å². The van der Waals surface area contributed by atoms with Crippen molar-refractivity contribution >= 4 is 29.1 Å². The second-order valence-corrected chi connectivity index (χ2v) is 6.56. The normalized spacial score (nSPS) is 14.4. The van der Waals surface area contributed by atoms with Crippen molar-refractivity contribution in [3.05, 3.63) is 28.9 Å². The third kappa shape index (κ3) is 4.25. The molecule has 0 aliphatic heterocycles. The second-order valence-electron chi connectivity index (χ2n) is 6.16. The Hall–Kier alpha value is -2.21. The van der Waals surface area contributed by atoms with E-state index in [0.29, 0.717) is 34.2 Å². The van der Waals surface area contributed by atoms with Crippen LogP contribution in [0.5, 0.6) is 11.5 Å². The van der Waals surface area contributed by atoms with Gasteiger partial charge in [0.05, 0.1) is 24.9 Å². The first-order valence-electron chi connectivity index (χ1n) is 8.40. The van der Waals surface area contributed by atoms with Gasteiger partial charge in [-0.1, -0.05) is 24.4 Å². The van der Waals surface area contributed by atoms with E-state index in [-0.39, 0.29) is 0 Å². The maximum atomic E-state index is 6.15. The van der Waals surface area contributed by atoms with Crippen molar-refractivity contribution in [2.24, 2.45) is 0 Å². The molecule has 7 heteroatoms. The number of methoxy groups -OCH3 is 2. The highest BCUT2D eigenvalue weighted by molar-refractivity contribution is 6.32. The molecule has 134 valence electrons. The summed E-state index contributed by atoms with van der Waals surface area (Å²) < 4.78 is 10.7. The van der Waals surface area contributed by atoms with Gasteiger partial charge in [0.15, 0.2) is 0 Å². The second kappa shape index (κ2) is 7.78. The van der Waals surface area contributed by atoms with Gasteiger partial charge in [0.2, 0.25) is 5.95 Å². The summed E-state index contributed by atoms with van der Waals surface area (Å²) in [7, 11) is 3.16. The Morgan fingerprint density at radius 1 is 1.04 bits per heavy atom. The molecule has 1 aliphatic carbocycles. The van der Waals surface area contributed by atoms with Crippen LogP contribution in [0, 0.1) is 6.92 Å². The molecule has 0 bridgehead atoms. The Morgan fingerprint density at radius 2 is 1.76 bits per heavy atom. The Labute approximate surface area is 152 Å². The molecule has 1 aliphatic rings. The van der Waals surface area contributed by atoms with E-state index in [1.165, 1.54) is 25.7 Å². The van der Waals surface area contributed by atoms with Gasteiger partial charge in [0.25, 0.3) is 0 Å². The fraction of sp³-hybridized carbons (Fsp3) is 0.444. The standard InChI is InChI=1S/C18H23ClN4O2/c1-11-8-17(21-12-6-4-5-7-12)23-18(20-11)22-14-10-15(24-2)13(19)9-16(14)25-3/h8-10,12H,4-7H2,1-3H3,(H2,20,21,22,23). The molecular weight excluding hydrogens is 340 g/mol. The van der Waals surface area contributed by atoms with E-state index in [2.05, 4.69) is 20.6 Å². The van der Waals surface area contributed by atoms with Crippen molar-refractivity contribution in [3.8, 4) is 11.5 Å². The van der Waals surface area contributed by atoms with Gasteiger partial charge in [-0.2, -0.15) is 4.98 Å². The van der Waals surface area contributed by atoms with Crippen molar-refractivity contribution in [3.63, 3.8) is 0 Å². The minimum atomic E-state index is 0.485. The maximum Gasteiger partial charge on any atom is 0.229 e. The summed E-state index contributed by atoms with van der Waals surface area (Å²) >= 11 is 6.15. The Bertz CT molecular complexity index is 748. The Balaban J connectivity index is 1.85. The number of ether oxygens (including phenoxy) is 2. The van der Waals surface area contributed by atoms with Crippen LogP contribution >= 0.6 is 11.6 Å². The Morgan fingerprint density at radius 3 is 2.44 bits per heavy atom. The summed E-state index contributed by atoms with van der Waals surface area (Å²) in [5.74, 6) is 2.49. The maximum absolute atomic E-state index is 6.15. The van der Waals surface area contributed by atoms with Crippen molar-refractivity contribution < 1.29 is 9.47 Å². The molecule has 1 saturated carbocycles. The topological polar surface area (TPSA) is 68.3 Å². The number of hydrogen-bond donors (Lipinski definition) is 2. The summed E-state index contributed by atoms with van der Waals surface area (Å²) in [5, 5.41) is 7.19. The predicted octanol–water partition coefficient (Wildman–Crippen LogP) is 4.55. The van der Waals surface area contributed by atoms with Crippen LogP contribution in [0.15, 0.2) is 18.2 Å². The molecule has 6 nitrogen and oxygen atoms in total. The third-order valence-electron chi connectivity index (χ3n) is 4.28. The molecule has 0 atom stereocenters. The minimum absolute atomic E-state index is 0.485. The van der Waals surface area contributed by atoms with Gasteiger partial charge in [-0.15, -0.1) is 0 Å². The zero-order valence-corrected chi connectivity index (χ0v) is 15.5. The zero-order chi connectivity index (χ0) is 17.8. The van der Waals surface area contributed by atoms with E-state index in [4.69, 9.17) is 21.1 Å². The molecule has 1 aromatic carbocycles. The van der Waals surface area contributed by atoms with Gasteiger partial charge in [-0.3, -0.25) is 0 Å². The fourth-order valence-corrected chi connectivity index (χ4v) is 3.29.